The standard InChI is InChI=1S/C20H18BrNO4/c1-13(19(24)14-4-8-16(21)9-5-14)26-20(25)15-6-10-17(11-7-15)22-12-2-3-18(22)23/h4-11,13H,2-3,12H2,1H3/t13-/m0/s1. The van der Waals surface area contributed by atoms with Gasteiger partial charge in [-0.3, -0.25) is 9.59 Å². The molecule has 2 aromatic rings. The van der Waals surface area contributed by atoms with E-state index in [0.29, 0.717) is 24.1 Å². The Kier molecular flexibility index (Phi) is 5.52. The number of anilines is 1. The third kappa shape index (κ3) is 4.02. The van der Waals surface area contributed by atoms with E-state index in [1.807, 2.05) is 0 Å². The van der Waals surface area contributed by atoms with Gasteiger partial charge in [-0.15, -0.1) is 0 Å². The van der Waals surface area contributed by atoms with Crippen molar-refractivity contribution in [2.45, 2.75) is 25.9 Å². The second-order valence-electron chi connectivity index (χ2n) is 6.11. The summed E-state index contributed by atoms with van der Waals surface area (Å²) in [7, 11) is 0. The molecule has 1 fully saturated rings. The lowest BCUT2D eigenvalue weighted by atomic mass is 10.1. The van der Waals surface area contributed by atoms with E-state index < -0.39 is 12.1 Å². The van der Waals surface area contributed by atoms with Gasteiger partial charge in [0.05, 0.1) is 5.56 Å². The maximum atomic E-state index is 12.4. The summed E-state index contributed by atoms with van der Waals surface area (Å²) in [5.41, 5.74) is 1.59. The molecule has 5 nitrogen and oxygen atoms in total. The molecule has 6 heteroatoms. The molecule has 2 aromatic carbocycles. The minimum Gasteiger partial charge on any atom is -0.451 e. The molecule has 1 amide bonds. The lowest BCUT2D eigenvalue weighted by Gasteiger charge is -2.16. The van der Waals surface area contributed by atoms with Gasteiger partial charge in [0.15, 0.2) is 6.10 Å². The highest BCUT2D eigenvalue weighted by molar-refractivity contribution is 9.10. The molecule has 1 aliphatic rings. The van der Waals surface area contributed by atoms with E-state index in [0.717, 1.165) is 16.6 Å². The highest BCUT2D eigenvalue weighted by Crippen LogP contribution is 2.22. The third-order valence-electron chi connectivity index (χ3n) is 4.27. The Morgan fingerprint density at radius 3 is 2.23 bits per heavy atom. The molecule has 1 aliphatic heterocycles. The van der Waals surface area contributed by atoms with Gasteiger partial charge in [-0.05, 0) is 49.7 Å². The van der Waals surface area contributed by atoms with Gasteiger partial charge in [0, 0.05) is 28.7 Å². The van der Waals surface area contributed by atoms with E-state index >= 15 is 0 Å². The van der Waals surface area contributed by atoms with Crippen LogP contribution in [-0.2, 0) is 9.53 Å². The summed E-state index contributed by atoms with van der Waals surface area (Å²) < 4.78 is 6.16. The zero-order chi connectivity index (χ0) is 18.7. The average molecular weight is 416 g/mol. The molecular weight excluding hydrogens is 398 g/mol. The Bertz CT molecular complexity index is 830. The van der Waals surface area contributed by atoms with E-state index in [1.165, 1.54) is 0 Å². The van der Waals surface area contributed by atoms with Crippen LogP contribution in [0.4, 0.5) is 5.69 Å². The number of hydrogen-bond donors (Lipinski definition) is 0. The van der Waals surface area contributed by atoms with E-state index in [-0.39, 0.29) is 11.7 Å². The van der Waals surface area contributed by atoms with Gasteiger partial charge in [-0.2, -0.15) is 0 Å². The van der Waals surface area contributed by atoms with Crippen LogP contribution in [0.2, 0.25) is 0 Å². The van der Waals surface area contributed by atoms with Gasteiger partial charge in [0.1, 0.15) is 0 Å². The monoisotopic (exact) mass is 415 g/mol. The molecule has 0 aliphatic carbocycles. The van der Waals surface area contributed by atoms with Crippen LogP contribution >= 0.6 is 15.9 Å². The van der Waals surface area contributed by atoms with Gasteiger partial charge >= 0.3 is 5.97 Å². The second kappa shape index (κ2) is 7.83. The Hall–Kier alpha value is -2.47. The molecule has 0 saturated carbocycles. The lowest BCUT2D eigenvalue weighted by molar-refractivity contribution is -0.117. The lowest BCUT2D eigenvalue weighted by Crippen LogP contribution is -2.25. The maximum absolute atomic E-state index is 12.4. The number of amides is 1. The van der Waals surface area contributed by atoms with Crippen molar-refractivity contribution < 1.29 is 19.1 Å². The smallest absolute Gasteiger partial charge is 0.338 e. The molecule has 0 unspecified atom stereocenters. The highest BCUT2D eigenvalue weighted by Gasteiger charge is 2.23. The van der Waals surface area contributed by atoms with Crippen molar-refractivity contribution in [3.8, 4) is 0 Å². The number of nitrogens with zero attached hydrogens (tertiary/aromatic N) is 1. The number of rotatable bonds is 5. The Morgan fingerprint density at radius 1 is 1.04 bits per heavy atom. The van der Waals surface area contributed by atoms with Gasteiger partial charge in [-0.25, -0.2) is 4.79 Å². The normalized spacial score (nSPS) is 15.0. The number of carbonyl (C=O) groups is 3. The number of halogens is 1. The summed E-state index contributed by atoms with van der Waals surface area (Å²) in [6.45, 7) is 2.25. The van der Waals surface area contributed by atoms with Crippen molar-refractivity contribution in [1.82, 2.24) is 0 Å². The molecule has 0 bridgehead atoms. The quantitative estimate of drug-likeness (QED) is 0.546. The molecular formula is C20H18BrNO4. The van der Waals surface area contributed by atoms with Crippen LogP contribution in [0.15, 0.2) is 53.0 Å². The minimum atomic E-state index is -0.886. The van der Waals surface area contributed by atoms with Crippen LogP contribution in [0.5, 0.6) is 0 Å². The molecule has 26 heavy (non-hydrogen) atoms. The first kappa shape index (κ1) is 18.3. The fourth-order valence-electron chi connectivity index (χ4n) is 2.83. The van der Waals surface area contributed by atoms with Gasteiger partial charge in [-0.1, -0.05) is 28.1 Å². The van der Waals surface area contributed by atoms with Gasteiger partial charge in [0.2, 0.25) is 11.7 Å². The molecule has 1 heterocycles. The van der Waals surface area contributed by atoms with Crippen LogP contribution in [-0.4, -0.2) is 30.3 Å². The molecule has 0 radical (unpaired) electrons. The topological polar surface area (TPSA) is 63.7 Å². The van der Waals surface area contributed by atoms with Crippen molar-refractivity contribution in [3.05, 3.63) is 64.1 Å². The molecule has 0 aromatic heterocycles. The SMILES string of the molecule is C[C@H](OC(=O)c1ccc(N2CCCC2=O)cc1)C(=O)c1ccc(Br)cc1. The van der Waals surface area contributed by atoms with Crippen LogP contribution < -0.4 is 4.90 Å². The summed E-state index contributed by atoms with van der Waals surface area (Å²) in [5, 5.41) is 0. The van der Waals surface area contributed by atoms with Crippen LogP contribution in [0, 0.1) is 0 Å². The zero-order valence-electron chi connectivity index (χ0n) is 14.3. The maximum Gasteiger partial charge on any atom is 0.338 e. The Morgan fingerprint density at radius 2 is 1.65 bits per heavy atom. The van der Waals surface area contributed by atoms with Crippen LogP contribution in [0.25, 0.3) is 0 Å². The molecule has 1 saturated heterocycles. The molecule has 1 atom stereocenters. The summed E-state index contributed by atoms with van der Waals surface area (Å²) in [6.07, 6.45) is 0.515. The van der Waals surface area contributed by atoms with Crippen molar-refractivity contribution in [2.75, 3.05) is 11.4 Å². The van der Waals surface area contributed by atoms with E-state index in [2.05, 4.69) is 15.9 Å². The first-order valence-corrected chi connectivity index (χ1v) is 9.16. The summed E-state index contributed by atoms with van der Waals surface area (Å²) in [4.78, 5) is 38.1. The minimum absolute atomic E-state index is 0.0917. The molecule has 134 valence electrons. The first-order chi connectivity index (χ1) is 12.5. The third-order valence-corrected chi connectivity index (χ3v) is 4.80. The summed E-state index contributed by atoms with van der Waals surface area (Å²) in [6, 6.07) is 13.6. The molecule has 0 N–H and O–H groups in total. The van der Waals surface area contributed by atoms with Crippen molar-refractivity contribution >= 4 is 39.3 Å². The zero-order valence-corrected chi connectivity index (χ0v) is 15.9. The number of benzene rings is 2. The fraction of sp³-hybridized carbons (Fsp3) is 0.250. The van der Waals surface area contributed by atoms with Crippen LogP contribution in [0.3, 0.4) is 0 Å². The number of hydrogen-bond acceptors (Lipinski definition) is 4. The average Bonchev–Trinajstić information content (AvgIpc) is 3.07. The van der Waals surface area contributed by atoms with Crippen LogP contribution in [0.1, 0.15) is 40.5 Å². The van der Waals surface area contributed by atoms with Gasteiger partial charge in [0.25, 0.3) is 0 Å². The summed E-state index contributed by atoms with van der Waals surface area (Å²) in [5.74, 6) is -0.735. The van der Waals surface area contributed by atoms with Crippen molar-refractivity contribution in [1.29, 1.82) is 0 Å². The number of Topliss-reactive ketones (excluding diaryl/α,β-unsaturated/α-hetero) is 1. The number of carbonyl (C=O) groups excluding carboxylic acids is 3. The second-order valence-corrected chi connectivity index (χ2v) is 7.03. The number of ketones is 1. The van der Waals surface area contributed by atoms with E-state index in [4.69, 9.17) is 4.74 Å². The van der Waals surface area contributed by atoms with Crippen molar-refractivity contribution in [3.63, 3.8) is 0 Å². The Labute approximate surface area is 160 Å². The molecule has 3 rings (SSSR count). The predicted octanol–water partition coefficient (Wildman–Crippen LogP) is 4.00. The summed E-state index contributed by atoms with van der Waals surface area (Å²) >= 11 is 3.32. The predicted molar refractivity (Wildman–Crippen MR) is 101 cm³/mol. The fourth-order valence-corrected chi connectivity index (χ4v) is 3.09. The largest absolute Gasteiger partial charge is 0.451 e. The van der Waals surface area contributed by atoms with Gasteiger partial charge < -0.3 is 9.64 Å². The van der Waals surface area contributed by atoms with Crippen molar-refractivity contribution in [2.24, 2.45) is 0 Å². The first-order valence-electron chi connectivity index (χ1n) is 8.37. The number of ether oxygens (including phenoxy) is 1. The Balaban J connectivity index is 1.64. The highest BCUT2D eigenvalue weighted by atomic mass is 79.9. The molecule has 0 spiro atoms. The number of esters is 1. The van der Waals surface area contributed by atoms with E-state index in [9.17, 15) is 14.4 Å². The van der Waals surface area contributed by atoms with E-state index in [1.54, 1.807) is 60.4 Å².